The normalized spacial score (nSPS) is 8.08. The summed E-state index contributed by atoms with van der Waals surface area (Å²) in [5.74, 6) is 0. The molecule has 0 unspecified atom stereocenters. The third kappa shape index (κ3) is 5.53. The van der Waals surface area contributed by atoms with Gasteiger partial charge >= 0.3 is 0 Å². The molecule has 5 heteroatoms. The summed E-state index contributed by atoms with van der Waals surface area (Å²) in [6.07, 6.45) is 0. The second kappa shape index (κ2) is 7.31. The van der Waals surface area contributed by atoms with Crippen LogP contribution in [0.1, 0.15) is 0 Å². The van der Waals surface area contributed by atoms with E-state index in [0.29, 0.717) is 4.32 Å². The first kappa shape index (κ1) is 12.9. The molecular weight excluding hydrogens is 215 g/mol. The van der Waals surface area contributed by atoms with Crippen LogP contribution in [0.25, 0.3) is 0 Å². The Morgan fingerprint density at radius 1 is 1.25 bits per heavy atom. The summed E-state index contributed by atoms with van der Waals surface area (Å²) in [7, 11) is 0. The fourth-order valence-electron chi connectivity index (χ4n) is 0.647. The molecule has 0 bridgehead atoms. The molecular formula is C7H8KN2S2. The zero-order valence-electron chi connectivity index (χ0n) is 6.74. The van der Waals surface area contributed by atoms with Crippen molar-refractivity contribution in [1.29, 1.82) is 0 Å². The van der Waals surface area contributed by atoms with E-state index in [1.165, 1.54) is 0 Å². The van der Waals surface area contributed by atoms with Crippen molar-refractivity contribution >= 4 is 86.2 Å². The van der Waals surface area contributed by atoms with Crippen LogP contribution in [0.4, 0.5) is 5.69 Å². The number of hydrazine groups is 1. The van der Waals surface area contributed by atoms with Crippen molar-refractivity contribution < 1.29 is 0 Å². The van der Waals surface area contributed by atoms with Crippen molar-refractivity contribution in [1.82, 2.24) is 5.43 Å². The standard InChI is InChI=1S/C7H8N2S2.K/c10-7(11)9-8-6-4-2-1-3-5-6;/h1-5,8H,(H2,9,10,11);. The summed E-state index contributed by atoms with van der Waals surface area (Å²) < 4.78 is 0.425. The van der Waals surface area contributed by atoms with E-state index in [1.54, 1.807) is 0 Å². The molecule has 0 saturated heterocycles. The minimum atomic E-state index is 0. The van der Waals surface area contributed by atoms with E-state index in [-0.39, 0.29) is 51.4 Å². The van der Waals surface area contributed by atoms with Gasteiger partial charge in [0.2, 0.25) is 0 Å². The third-order valence-electron chi connectivity index (χ3n) is 1.09. The van der Waals surface area contributed by atoms with Crippen LogP contribution in [-0.4, -0.2) is 55.7 Å². The molecule has 0 aliphatic carbocycles. The van der Waals surface area contributed by atoms with Crippen molar-refractivity contribution in [2.45, 2.75) is 0 Å². The van der Waals surface area contributed by atoms with Crippen LogP contribution in [0, 0.1) is 0 Å². The van der Waals surface area contributed by atoms with E-state index in [2.05, 4.69) is 35.7 Å². The predicted molar refractivity (Wildman–Crippen MR) is 60.5 cm³/mol. The zero-order valence-corrected chi connectivity index (χ0v) is 11.6. The quantitative estimate of drug-likeness (QED) is 0.306. The molecule has 0 aromatic heterocycles. The van der Waals surface area contributed by atoms with Crippen molar-refractivity contribution in [3.8, 4) is 0 Å². The van der Waals surface area contributed by atoms with Crippen LogP contribution in [0.2, 0.25) is 0 Å². The van der Waals surface area contributed by atoms with Gasteiger partial charge in [0.25, 0.3) is 0 Å². The number of benzene rings is 1. The summed E-state index contributed by atoms with van der Waals surface area (Å²) in [4.78, 5) is 0. The second-order valence-electron chi connectivity index (χ2n) is 1.92. The molecule has 12 heavy (non-hydrogen) atoms. The van der Waals surface area contributed by atoms with Gasteiger partial charge < -0.3 is 0 Å². The summed E-state index contributed by atoms with van der Waals surface area (Å²) in [6, 6.07) is 9.68. The van der Waals surface area contributed by atoms with Gasteiger partial charge in [-0.3, -0.25) is 10.9 Å². The van der Waals surface area contributed by atoms with Gasteiger partial charge in [-0.05, 0) is 12.1 Å². The van der Waals surface area contributed by atoms with Gasteiger partial charge in [0, 0.05) is 51.4 Å². The average molecular weight is 223 g/mol. The molecule has 1 aromatic carbocycles. The number of nitrogens with one attached hydrogen (secondary N) is 2. The maximum absolute atomic E-state index is 4.69. The van der Waals surface area contributed by atoms with Crippen molar-refractivity contribution in [3.05, 3.63) is 30.3 Å². The van der Waals surface area contributed by atoms with Crippen LogP contribution in [-0.2, 0) is 0 Å². The van der Waals surface area contributed by atoms with E-state index in [9.17, 15) is 0 Å². The van der Waals surface area contributed by atoms with Gasteiger partial charge in [-0.15, -0.1) is 12.6 Å². The number of thiol groups is 1. The number of rotatable bonds is 2. The summed E-state index contributed by atoms with van der Waals surface area (Å²) in [5.41, 5.74) is 6.55. The number of thiocarbonyl (C=S) groups is 1. The van der Waals surface area contributed by atoms with Gasteiger partial charge in [0.15, 0.2) is 0 Å². The Morgan fingerprint density at radius 2 is 1.83 bits per heavy atom. The smallest absolute Gasteiger partial charge is 0.149 e. The van der Waals surface area contributed by atoms with E-state index >= 15 is 0 Å². The Labute approximate surface area is 125 Å². The maximum Gasteiger partial charge on any atom is 0.149 e. The first-order chi connectivity index (χ1) is 5.29. The van der Waals surface area contributed by atoms with E-state index in [4.69, 9.17) is 0 Å². The van der Waals surface area contributed by atoms with Crippen molar-refractivity contribution in [3.63, 3.8) is 0 Å². The predicted octanol–water partition coefficient (Wildman–Crippen LogP) is 1.44. The summed E-state index contributed by atoms with van der Waals surface area (Å²) >= 11 is 8.57. The van der Waals surface area contributed by atoms with Gasteiger partial charge in [0.1, 0.15) is 4.32 Å². The SMILES string of the molecule is S=C(S)NNc1ccccc1.[K]. The number of hydrogen-bond donors (Lipinski definition) is 3. The van der Waals surface area contributed by atoms with E-state index < -0.39 is 0 Å². The topological polar surface area (TPSA) is 24.1 Å². The molecule has 0 aliphatic heterocycles. The zero-order chi connectivity index (χ0) is 8.10. The molecule has 1 radical (unpaired) electrons. The van der Waals surface area contributed by atoms with Crippen LogP contribution in [0.15, 0.2) is 30.3 Å². The largest absolute Gasteiger partial charge is 0.300 e. The van der Waals surface area contributed by atoms with Crippen LogP contribution >= 0.6 is 24.8 Å². The molecule has 59 valence electrons. The molecule has 1 aromatic rings. The van der Waals surface area contributed by atoms with Crippen LogP contribution in [0.3, 0.4) is 0 Å². The second-order valence-corrected chi connectivity index (χ2v) is 3.08. The number of para-hydroxylation sites is 1. The fourth-order valence-corrected chi connectivity index (χ4v) is 0.754. The average Bonchev–Trinajstić information content (AvgIpc) is 2.03. The first-order valence-corrected chi connectivity index (χ1v) is 3.94. The van der Waals surface area contributed by atoms with Crippen LogP contribution < -0.4 is 10.9 Å². The molecule has 0 amide bonds. The Bertz CT molecular complexity index is 240. The van der Waals surface area contributed by atoms with E-state index in [1.807, 2.05) is 30.3 Å². The number of hydrogen-bond acceptors (Lipinski definition) is 2. The Balaban J connectivity index is 0.00000121. The van der Waals surface area contributed by atoms with Gasteiger partial charge in [-0.1, -0.05) is 30.4 Å². The molecule has 0 heterocycles. The van der Waals surface area contributed by atoms with Gasteiger partial charge in [-0.2, -0.15) is 0 Å². The van der Waals surface area contributed by atoms with E-state index in [0.717, 1.165) is 5.69 Å². The molecule has 0 saturated carbocycles. The molecule has 0 fully saturated rings. The molecule has 2 nitrogen and oxygen atoms in total. The maximum atomic E-state index is 4.69. The third-order valence-corrected chi connectivity index (χ3v) is 1.30. The summed E-state index contributed by atoms with van der Waals surface area (Å²) in [6.45, 7) is 0. The van der Waals surface area contributed by atoms with Gasteiger partial charge in [-0.25, -0.2) is 0 Å². The Morgan fingerprint density at radius 3 is 2.33 bits per heavy atom. The van der Waals surface area contributed by atoms with Crippen molar-refractivity contribution in [2.75, 3.05) is 5.43 Å². The van der Waals surface area contributed by atoms with Crippen LogP contribution in [0.5, 0.6) is 0 Å². The fraction of sp³-hybridized carbons (Fsp3) is 0. The molecule has 2 N–H and O–H groups in total. The summed E-state index contributed by atoms with van der Waals surface area (Å²) in [5, 5.41) is 0. The Kier molecular flexibility index (Phi) is 7.86. The van der Waals surface area contributed by atoms with Gasteiger partial charge in [0.05, 0.1) is 5.69 Å². The monoisotopic (exact) mass is 223 g/mol. The molecule has 0 aliphatic rings. The first-order valence-electron chi connectivity index (χ1n) is 3.09. The molecule has 1 rings (SSSR count). The number of anilines is 1. The minimum Gasteiger partial charge on any atom is -0.300 e. The molecule has 0 atom stereocenters. The molecule has 0 spiro atoms. The Hall–Kier alpha value is 0.896. The minimum absolute atomic E-state index is 0. The van der Waals surface area contributed by atoms with Crippen molar-refractivity contribution in [2.24, 2.45) is 0 Å².